The zero-order valence-electron chi connectivity index (χ0n) is 28.5. The summed E-state index contributed by atoms with van der Waals surface area (Å²) in [5, 5.41) is 13.8. The molecular formula is C48H25N3S3. The van der Waals surface area contributed by atoms with Crippen LogP contribution in [-0.4, -0.2) is 14.5 Å². The van der Waals surface area contributed by atoms with Crippen LogP contribution in [-0.2, 0) is 0 Å². The van der Waals surface area contributed by atoms with E-state index >= 15 is 0 Å². The number of hydrogen-bond acceptors (Lipinski definition) is 5. The van der Waals surface area contributed by atoms with E-state index in [4.69, 9.17) is 9.97 Å². The summed E-state index contributed by atoms with van der Waals surface area (Å²) in [5.74, 6) is 0.862. The van der Waals surface area contributed by atoms with Crippen LogP contribution in [0.25, 0.3) is 121 Å². The lowest BCUT2D eigenvalue weighted by molar-refractivity contribution is 1.09. The molecule has 0 bridgehead atoms. The molecule has 3 nitrogen and oxygen atoms in total. The summed E-state index contributed by atoms with van der Waals surface area (Å²) < 4.78 is 8.73. The van der Waals surface area contributed by atoms with Gasteiger partial charge in [-0.25, -0.2) is 9.97 Å². The lowest BCUT2D eigenvalue weighted by Crippen LogP contribution is -2.03. The minimum Gasteiger partial charge on any atom is -0.290 e. The van der Waals surface area contributed by atoms with Crippen LogP contribution in [0.2, 0.25) is 0 Å². The van der Waals surface area contributed by atoms with Crippen LogP contribution >= 0.6 is 34.0 Å². The third kappa shape index (κ3) is 3.84. The van der Waals surface area contributed by atoms with Gasteiger partial charge in [0.15, 0.2) is 5.82 Å². The highest BCUT2D eigenvalue weighted by Gasteiger charge is 2.26. The molecule has 6 heteroatoms. The molecule has 5 heterocycles. The highest BCUT2D eigenvalue weighted by atomic mass is 32.1. The van der Waals surface area contributed by atoms with Gasteiger partial charge in [-0.2, -0.15) is 0 Å². The molecule has 0 fully saturated rings. The Kier molecular flexibility index (Phi) is 5.81. The average Bonchev–Trinajstić information content (AvgIpc) is 3.98. The Bertz CT molecular complexity index is 3750. The Morgan fingerprint density at radius 1 is 0.426 bits per heavy atom. The van der Waals surface area contributed by atoms with E-state index in [1.54, 1.807) is 11.3 Å². The van der Waals surface area contributed by atoms with Gasteiger partial charge in [0.25, 0.3) is 0 Å². The van der Waals surface area contributed by atoms with Crippen molar-refractivity contribution in [2.24, 2.45) is 0 Å². The minimum absolute atomic E-state index is 0.862. The summed E-state index contributed by atoms with van der Waals surface area (Å²) in [4.78, 5) is 12.3. The Morgan fingerprint density at radius 2 is 1.06 bits per heavy atom. The van der Waals surface area contributed by atoms with E-state index in [-0.39, 0.29) is 0 Å². The van der Waals surface area contributed by atoms with Crippen molar-refractivity contribution in [2.45, 2.75) is 0 Å². The third-order valence-corrected chi connectivity index (χ3v) is 14.6. The predicted octanol–water partition coefficient (Wildman–Crippen LogP) is 14.7. The number of aromatic nitrogens is 3. The summed E-state index contributed by atoms with van der Waals surface area (Å²) >= 11 is 5.46. The number of hydrogen-bond donors (Lipinski definition) is 0. The summed E-state index contributed by atoms with van der Waals surface area (Å²) in [6.45, 7) is 0. The van der Waals surface area contributed by atoms with Crippen LogP contribution < -0.4 is 0 Å². The molecule has 0 aliphatic carbocycles. The molecule has 0 saturated carbocycles. The molecule has 0 N–H and O–H groups in total. The van der Waals surface area contributed by atoms with E-state index in [0.29, 0.717) is 0 Å². The van der Waals surface area contributed by atoms with Gasteiger partial charge >= 0.3 is 0 Å². The fraction of sp³-hybridized carbons (Fsp3) is 0. The van der Waals surface area contributed by atoms with E-state index in [1.165, 1.54) is 82.9 Å². The van der Waals surface area contributed by atoms with Gasteiger partial charge < -0.3 is 0 Å². The smallest absolute Gasteiger partial charge is 0.165 e. The van der Waals surface area contributed by atoms with Gasteiger partial charge in [0.1, 0.15) is 16.0 Å². The third-order valence-electron chi connectivity index (χ3n) is 11.2. The highest BCUT2D eigenvalue weighted by Crippen LogP contribution is 2.50. The van der Waals surface area contributed by atoms with Crippen molar-refractivity contribution in [1.82, 2.24) is 14.5 Å². The Hall–Kier alpha value is -6.18. The first-order chi connectivity index (χ1) is 26.8. The summed E-state index contributed by atoms with van der Waals surface area (Å²) in [5.41, 5.74) is 5.28. The molecule has 0 amide bonds. The van der Waals surface area contributed by atoms with Crippen molar-refractivity contribution < 1.29 is 0 Å². The molecule has 13 rings (SSSR count). The van der Waals surface area contributed by atoms with Gasteiger partial charge in [-0.05, 0) is 51.9 Å². The van der Waals surface area contributed by atoms with Gasteiger partial charge in [-0.15, -0.1) is 34.0 Å². The standard InChI is InChI=1S/C48H25N3S3/c1-2-13-27-25-39-35(24-26(27)12-1)41-30-16-4-3-15-29(30)40-32-17-5-8-21-36(32)51(44(40)46(41)53-39)47-42(50-48-43(49-47)33-18-7-10-23-38(33)54-48)34-20-11-19-31-28-14-6-9-22-37(28)52-45(31)34/h1-25H. The molecule has 0 atom stereocenters. The Labute approximate surface area is 319 Å². The molecule has 0 aliphatic rings. The van der Waals surface area contributed by atoms with Crippen molar-refractivity contribution in [1.29, 1.82) is 0 Å². The number of benzene rings is 8. The molecule has 0 unspecified atom stereocenters. The monoisotopic (exact) mass is 739 g/mol. The van der Waals surface area contributed by atoms with Gasteiger partial charge in [0, 0.05) is 62.1 Å². The molecule has 0 spiro atoms. The van der Waals surface area contributed by atoms with Crippen molar-refractivity contribution in [3.63, 3.8) is 0 Å². The first kappa shape index (κ1) is 29.3. The maximum Gasteiger partial charge on any atom is 0.165 e. The quantitative estimate of drug-likeness (QED) is 0.177. The summed E-state index contributed by atoms with van der Waals surface area (Å²) in [7, 11) is 0. The van der Waals surface area contributed by atoms with Crippen LogP contribution in [0, 0.1) is 0 Å². The van der Waals surface area contributed by atoms with Crippen LogP contribution in [0.5, 0.6) is 0 Å². The lowest BCUT2D eigenvalue weighted by atomic mass is 9.98. The largest absolute Gasteiger partial charge is 0.290 e. The number of rotatable bonds is 2. The molecule has 8 aromatic carbocycles. The second-order valence-corrected chi connectivity index (χ2v) is 17.2. The number of thiophene rings is 3. The van der Waals surface area contributed by atoms with Crippen LogP contribution in [0.4, 0.5) is 0 Å². The zero-order valence-corrected chi connectivity index (χ0v) is 30.9. The predicted molar refractivity (Wildman–Crippen MR) is 235 cm³/mol. The second-order valence-electron chi connectivity index (χ2n) is 14.1. The molecule has 0 aliphatic heterocycles. The van der Waals surface area contributed by atoms with E-state index in [9.17, 15) is 0 Å². The molecule has 13 aromatic rings. The first-order valence-electron chi connectivity index (χ1n) is 18.1. The van der Waals surface area contributed by atoms with E-state index in [1.807, 2.05) is 22.7 Å². The topological polar surface area (TPSA) is 30.7 Å². The molecule has 250 valence electrons. The SMILES string of the molecule is c1ccc2cc3c(cc2c1)sc1c3c2ccccc2c2c3ccccc3n(-c3nc4c(nc3-c3cccc5c3sc3ccccc35)sc3ccccc34)c12. The average molecular weight is 740 g/mol. The molecule has 0 radical (unpaired) electrons. The minimum atomic E-state index is 0.862. The van der Waals surface area contributed by atoms with Gasteiger partial charge in [0.2, 0.25) is 0 Å². The van der Waals surface area contributed by atoms with Gasteiger partial charge in [0.05, 0.1) is 15.7 Å². The van der Waals surface area contributed by atoms with Gasteiger partial charge in [-0.3, -0.25) is 4.57 Å². The Balaban J connectivity index is 1.27. The number of nitrogens with zero attached hydrogens (tertiary/aromatic N) is 3. The van der Waals surface area contributed by atoms with Gasteiger partial charge in [-0.1, -0.05) is 121 Å². The summed E-state index contributed by atoms with van der Waals surface area (Å²) in [6.07, 6.45) is 0. The highest BCUT2D eigenvalue weighted by molar-refractivity contribution is 7.27. The first-order valence-corrected chi connectivity index (χ1v) is 20.5. The van der Waals surface area contributed by atoms with Crippen LogP contribution in [0.15, 0.2) is 152 Å². The fourth-order valence-corrected chi connectivity index (χ4v) is 12.4. The van der Waals surface area contributed by atoms with E-state index < -0.39 is 0 Å². The lowest BCUT2D eigenvalue weighted by Gasteiger charge is -2.14. The van der Waals surface area contributed by atoms with Crippen molar-refractivity contribution in [2.75, 3.05) is 0 Å². The van der Waals surface area contributed by atoms with E-state index in [2.05, 4.69) is 156 Å². The maximum atomic E-state index is 5.75. The number of fused-ring (bicyclic) bond motifs is 17. The molecule has 5 aromatic heterocycles. The van der Waals surface area contributed by atoms with Crippen molar-refractivity contribution >= 4 is 138 Å². The normalized spacial score (nSPS) is 12.4. The molecular weight excluding hydrogens is 715 g/mol. The maximum absolute atomic E-state index is 5.75. The van der Waals surface area contributed by atoms with E-state index in [0.717, 1.165) is 38.3 Å². The Morgan fingerprint density at radius 3 is 1.89 bits per heavy atom. The second kappa shape index (κ2) is 10.7. The van der Waals surface area contributed by atoms with Crippen LogP contribution in [0.3, 0.4) is 0 Å². The fourth-order valence-electron chi connectivity index (χ4n) is 8.87. The van der Waals surface area contributed by atoms with Crippen molar-refractivity contribution in [3.8, 4) is 17.1 Å². The summed E-state index contributed by atoms with van der Waals surface area (Å²) in [6, 6.07) is 55.3. The zero-order chi connectivity index (χ0) is 35.1. The molecule has 54 heavy (non-hydrogen) atoms. The van der Waals surface area contributed by atoms with Crippen LogP contribution in [0.1, 0.15) is 0 Å². The number of para-hydroxylation sites is 1. The van der Waals surface area contributed by atoms with Crippen molar-refractivity contribution in [3.05, 3.63) is 152 Å². The molecule has 0 saturated heterocycles.